The van der Waals surface area contributed by atoms with Gasteiger partial charge in [-0.3, -0.25) is 9.59 Å². The molecule has 0 aliphatic heterocycles. The molecule has 0 spiro atoms. The fourth-order valence-corrected chi connectivity index (χ4v) is 2.80. The van der Waals surface area contributed by atoms with Gasteiger partial charge in [-0.25, -0.2) is 8.78 Å². The van der Waals surface area contributed by atoms with Gasteiger partial charge >= 0.3 is 5.97 Å². The van der Waals surface area contributed by atoms with Crippen LogP contribution in [0, 0.1) is 23.5 Å². The highest BCUT2D eigenvalue weighted by Gasteiger charge is 2.31. The fourth-order valence-electron chi connectivity index (χ4n) is 2.80. The van der Waals surface area contributed by atoms with E-state index in [1.807, 2.05) is 0 Å². The molecule has 21 heavy (non-hydrogen) atoms. The van der Waals surface area contributed by atoms with Gasteiger partial charge in [0.15, 0.2) is 0 Å². The number of amides is 1. The number of carbonyl (C=O) groups is 2. The Kier molecular flexibility index (Phi) is 4.88. The molecule has 2 atom stereocenters. The van der Waals surface area contributed by atoms with E-state index in [2.05, 4.69) is 5.32 Å². The zero-order valence-corrected chi connectivity index (χ0v) is 11.4. The average Bonchev–Trinajstić information content (AvgIpc) is 2.45. The summed E-state index contributed by atoms with van der Waals surface area (Å²) in [5, 5.41) is 11.6. The predicted molar refractivity (Wildman–Crippen MR) is 71.8 cm³/mol. The van der Waals surface area contributed by atoms with Crippen LogP contribution in [0.1, 0.15) is 36.0 Å². The summed E-state index contributed by atoms with van der Waals surface area (Å²) in [6, 6.07) is 3.21. The highest BCUT2D eigenvalue weighted by atomic mass is 19.1. The molecule has 0 heterocycles. The molecule has 1 amide bonds. The molecule has 6 heteroatoms. The van der Waals surface area contributed by atoms with Crippen LogP contribution in [0.3, 0.4) is 0 Å². The van der Waals surface area contributed by atoms with Crippen LogP contribution in [0.2, 0.25) is 0 Å². The zero-order valence-electron chi connectivity index (χ0n) is 11.4. The van der Waals surface area contributed by atoms with Crippen molar-refractivity contribution < 1.29 is 23.5 Å². The number of hydrogen-bond donors (Lipinski definition) is 2. The first-order valence-electron chi connectivity index (χ1n) is 6.95. The minimum absolute atomic E-state index is 0.115. The van der Waals surface area contributed by atoms with Crippen LogP contribution in [-0.4, -0.2) is 23.5 Å². The van der Waals surface area contributed by atoms with E-state index in [-0.39, 0.29) is 12.5 Å². The number of carbonyl (C=O) groups excluding carboxylic acids is 1. The molecule has 1 aromatic rings. The number of nitrogens with one attached hydrogen (secondary N) is 1. The van der Waals surface area contributed by atoms with Crippen molar-refractivity contribution in [3.8, 4) is 0 Å². The highest BCUT2D eigenvalue weighted by Crippen LogP contribution is 2.29. The summed E-state index contributed by atoms with van der Waals surface area (Å²) < 4.78 is 27.0. The highest BCUT2D eigenvalue weighted by molar-refractivity contribution is 5.94. The van der Waals surface area contributed by atoms with Gasteiger partial charge in [-0.2, -0.15) is 0 Å². The van der Waals surface area contributed by atoms with Crippen LogP contribution in [0.15, 0.2) is 18.2 Å². The van der Waals surface area contributed by atoms with Gasteiger partial charge in [0.25, 0.3) is 5.91 Å². The Labute approximate surface area is 121 Å². The minimum Gasteiger partial charge on any atom is -0.481 e. The number of benzene rings is 1. The molecule has 1 aromatic carbocycles. The van der Waals surface area contributed by atoms with E-state index >= 15 is 0 Å². The number of hydrogen-bond acceptors (Lipinski definition) is 2. The van der Waals surface area contributed by atoms with Crippen molar-refractivity contribution in [2.75, 3.05) is 6.54 Å². The lowest BCUT2D eigenvalue weighted by molar-refractivity contribution is -0.144. The van der Waals surface area contributed by atoms with Crippen LogP contribution in [0.4, 0.5) is 8.78 Å². The Morgan fingerprint density at radius 3 is 2.43 bits per heavy atom. The molecular weight excluding hydrogens is 280 g/mol. The van der Waals surface area contributed by atoms with Gasteiger partial charge in [0.1, 0.15) is 17.2 Å². The lowest BCUT2D eigenvalue weighted by Crippen LogP contribution is -2.37. The maximum Gasteiger partial charge on any atom is 0.306 e. The first kappa shape index (κ1) is 15.4. The van der Waals surface area contributed by atoms with Crippen LogP contribution in [0.25, 0.3) is 0 Å². The normalized spacial score (nSPS) is 21.8. The largest absolute Gasteiger partial charge is 0.481 e. The third kappa shape index (κ3) is 3.56. The molecule has 0 saturated heterocycles. The Morgan fingerprint density at radius 2 is 1.81 bits per heavy atom. The number of halogens is 2. The van der Waals surface area contributed by atoms with Crippen molar-refractivity contribution in [2.45, 2.75) is 25.7 Å². The third-order valence-corrected chi connectivity index (χ3v) is 3.94. The first-order valence-corrected chi connectivity index (χ1v) is 6.95. The number of rotatable bonds is 4. The molecule has 1 fully saturated rings. The van der Waals surface area contributed by atoms with E-state index in [1.54, 1.807) is 0 Å². The van der Waals surface area contributed by atoms with Crippen LogP contribution < -0.4 is 5.32 Å². The average molecular weight is 297 g/mol. The number of aliphatic carboxylic acids is 1. The Bertz CT molecular complexity index is 527. The lowest BCUT2D eigenvalue weighted by Gasteiger charge is -2.28. The SMILES string of the molecule is O=C(NCC1CCCCC1C(=O)O)c1c(F)cccc1F. The molecule has 2 unspecified atom stereocenters. The van der Waals surface area contributed by atoms with Gasteiger partial charge in [0, 0.05) is 6.54 Å². The quantitative estimate of drug-likeness (QED) is 0.897. The molecule has 1 aliphatic carbocycles. The minimum atomic E-state index is -0.925. The topological polar surface area (TPSA) is 66.4 Å². The fraction of sp³-hybridized carbons (Fsp3) is 0.467. The van der Waals surface area contributed by atoms with E-state index in [4.69, 9.17) is 5.11 Å². The molecule has 1 aliphatic rings. The van der Waals surface area contributed by atoms with Crippen molar-refractivity contribution in [3.63, 3.8) is 0 Å². The second kappa shape index (κ2) is 6.65. The van der Waals surface area contributed by atoms with Gasteiger partial charge in [-0.1, -0.05) is 18.9 Å². The van der Waals surface area contributed by atoms with Gasteiger partial charge < -0.3 is 10.4 Å². The molecule has 2 rings (SSSR count). The van der Waals surface area contributed by atoms with E-state index < -0.39 is 35.0 Å². The number of carboxylic acids is 1. The Balaban J connectivity index is 2.02. The molecule has 114 valence electrons. The zero-order chi connectivity index (χ0) is 15.4. The summed E-state index contributed by atoms with van der Waals surface area (Å²) in [7, 11) is 0. The summed E-state index contributed by atoms with van der Waals surface area (Å²) in [5.41, 5.74) is -0.625. The van der Waals surface area contributed by atoms with Gasteiger partial charge in [-0.05, 0) is 30.9 Å². The summed E-state index contributed by atoms with van der Waals surface area (Å²) in [4.78, 5) is 23.0. The summed E-state index contributed by atoms with van der Waals surface area (Å²) >= 11 is 0. The molecule has 4 nitrogen and oxygen atoms in total. The molecule has 2 N–H and O–H groups in total. The van der Waals surface area contributed by atoms with Crippen molar-refractivity contribution in [3.05, 3.63) is 35.4 Å². The van der Waals surface area contributed by atoms with E-state index in [9.17, 15) is 18.4 Å². The molecule has 1 saturated carbocycles. The summed E-state index contributed by atoms with van der Waals surface area (Å²) in [5.74, 6) is -4.29. The second-order valence-electron chi connectivity index (χ2n) is 5.30. The number of carboxylic acid groups (broad SMARTS) is 1. The molecular formula is C15H17F2NO3. The predicted octanol–water partition coefficient (Wildman–Crippen LogP) is 2.59. The smallest absolute Gasteiger partial charge is 0.306 e. The second-order valence-corrected chi connectivity index (χ2v) is 5.30. The van der Waals surface area contributed by atoms with Crippen molar-refractivity contribution in [1.29, 1.82) is 0 Å². The monoisotopic (exact) mass is 297 g/mol. The Hall–Kier alpha value is -1.98. The molecule has 0 aromatic heterocycles. The van der Waals surface area contributed by atoms with Crippen LogP contribution in [-0.2, 0) is 4.79 Å². The van der Waals surface area contributed by atoms with Gasteiger partial charge in [0.05, 0.1) is 5.92 Å². The summed E-state index contributed by atoms with van der Waals surface area (Å²) in [6.07, 6.45) is 3.02. The first-order chi connectivity index (χ1) is 10.0. The summed E-state index contributed by atoms with van der Waals surface area (Å²) in [6.45, 7) is 0.115. The lowest BCUT2D eigenvalue weighted by atomic mass is 9.79. The molecule has 0 bridgehead atoms. The third-order valence-electron chi connectivity index (χ3n) is 3.94. The van der Waals surface area contributed by atoms with Gasteiger partial charge in [-0.15, -0.1) is 0 Å². The maximum atomic E-state index is 13.5. The van der Waals surface area contributed by atoms with Crippen LogP contribution in [0.5, 0.6) is 0 Å². The standard InChI is InChI=1S/C15H17F2NO3/c16-11-6-3-7-12(17)13(11)14(19)18-8-9-4-1-2-5-10(9)15(20)21/h3,6-7,9-10H,1-2,4-5,8H2,(H,18,19)(H,20,21). The van der Waals surface area contributed by atoms with Gasteiger partial charge in [0.2, 0.25) is 0 Å². The van der Waals surface area contributed by atoms with E-state index in [1.165, 1.54) is 6.07 Å². The van der Waals surface area contributed by atoms with Crippen molar-refractivity contribution in [1.82, 2.24) is 5.32 Å². The van der Waals surface area contributed by atoms with E-state index in [0.717, 1.165) is 25.0 Å². The van der Waals surface area contributed by atoms with Crippen LogP contribution >= 0.6 is 0 Å². The maximum absolute atomic E-state index is 13.5. The molecule has 0 radical (unpaired) electrons. The Morgan fingerprint density at radius 1 is 1.19 bits per heavy atom. The van der Waals surface area contributed by atoms with Crippen molar-refractivity contribution in [2.24, 2.45) is 11.8 Å². The van der Waals surface area contributed by atoms with Crippen molar-refractivity contribution >= 4 is 11.9 Å². The van der Waals surface area contributed by atoms with E-state index in [0.29, 0.717) is 12.8 Å².